The molecule has 2 N–H and O–H groups in total. The summed E-state index contributed by atoms with van der Waals surface area (Å²) in [6.45, 7) is 4.89. The Labute approximate surface area is 124 Å². The zero-order valence-corrected chi connectivity index (χ0v) is 12.2. The van der Waals surface area contributed by atoms with Gasteiger partial charge >= 0.3 is 5.97 Å². The summed E-state index contributed by atoms with van der Waals surface area (Å²) in [6, 6.07) is 13.0. The maximum atomic E-state index is 11.2. The van der Waals surface area contributed by atoms with Crippen molar-refractivity contribution in [1.29, 1.82) is 0 Å². The van der Waals surface area contributed by atoms with E-state index in [4.69, 9.17) is 4.74 Å². The van der Waals surface area contributed by atoms with Gasteiger partial charge < -0.3 is 15.2 Å². The number of para-hydroxylation sites is 2. The van der Waals surface area contributed by atoms with Crippen LogP contribution in [-0.2, 0) is 0 Å². The molecule has 0 unspecified atom stereocenters. The number of benzene rings is 2. The Morgan fingerprint density at radius 1 is 1.10 bits per heavy atom. The zero-order chi connectivity index (χ0) is 15.2. The van der Waals surface area contributed by atoms with Crippen molar-refractivity contribution in [1.82, 2.24) is 0 Å². The van der Waals surface area contributed by atoms with Gasteiger partial charge in [0.1, 0.15) is 12.4 Å². The predicted octanol–water partition coefficient (Wildman–Crippen LogP) is 3.49. The number of carbonyl (C=O) groups is 1. The molecular weight excluding hydrogens is 266 g/mol. The van der Waals surface area contributed by atoms with E-state index in [1.165, 1.54) is 0 Å². The maximum absolute atomic E-state index is 11.2. The minimum atomic E-state index is -0.930. The summed E-state index contributed by atoms with van der Waals surface area (Å²) in [7, 11) is 0. The van der Waals surface area contributed by atoms with Gasteiger partial charge in [0.25, 0.3) is 0 Å². The molecule has 0 aliphatic carbocycles. The number of rotatable bonds is 6. The first-order chi connectivity index (χ1) is 10.1. The van der Waals surface area contributed by atoms with Crippen molar-refractivity contribution < 1.29 is 14.6 Å². The topological polar surface area (TPSA) is 58.6 Å². The molecule has 21 heavy (non-hydrogen) atoms. The number of aryl methyl sites for hydroxylation is 2. The van der Waals surface area contributed by atoms with E-state index in [9.17, 15) is 9.90 Å². The average molecular weight is 285 g/mol. The monoisotopic (exact) mass is 285 g/mol. The van der Waals surface area contributed by atoms with Crippen molar-refractivity contribution in [3.05, 3.63) is 59.2 Å². The van der Waals surface area contributed by atoms with Crippen LogP contribution in [0.4, 0.5) is 5.69 Å². The number of carboxylic acids is 1. The van der Waals surface area contributed by atoms with Gasteiger partial charge in [-0.2, -0.15) is 0 Å². The normalized spacial score (nSPS) is 10.2. The van der Waals surface area contributed by atoms with Gasteiger partial charge in [-0.25, -0.2) is 4.79 Å². The minimum absolute atomic E-state index is 0.283. The van der Waals surface area contributed by atoms with Gasteiger partial charge in [0.2, 0.25) is 0 Å². The third-order valence-corrected chi connectivity index (χ3v) is 3.26. The van der Waals surface area contributed by atoms with E-state index in [0.29, 0.717) is 18.8 Å². The lowest BCUT2D eigenvalue weighted by atomic mass is 10.1. The van der Waals surface area contributed by atoms with Crippen LogP contribution in [0.5, 0.6) is 5.75 Å². The molecule has 2 aromatic rings. The first-order valence-electron chi connectivity index (χ1n) is 6.85. The molecule has 110 valence electrons. The van der Waals surface area contributed by atoms with Crippen molar-refractivity contribution in [3.63, 3.8) is 0 Å². The maximum Gasteiger partial charge on any atom is 0.337 e. The molecule has 0 spiro atoms. The summed E-state index contributed by atoms with van der Waals surface area (Å²) < 4.78 is 5.69. The quantitative estimate of drug-likeness (QED) is 0.798. The second-order valence-corrected chi connectivity index (χ2v) is 4.84. The van der Waals surface area contributed by atoms with Gasteiger partial charge in [-0.05, 0) is 37.1 Å². The molecule has 0 saturated carbocycles. The Morgan fingerprint density at radius 2 is 1.81 bits per heavy atom. The highest BCUT2D eigenvalue weighted by Gasteiger charge is 2.11. The van der Waals surface area contributed by atoms with E-state index in [1.807, 2.05) is 44.2 Å². The van der Waals surface area contributed by atoms with Crippen molar-refractivity contribution in [2.75, 3.05) is 18.5 Å². The second-order valence-electron chi connectivity index (χ2n) is 4.84. The van der Waals surface area contributed by atoms with E-state index >= 15 is 0 Å². The Kier molecular flexibility index (Phi) is 4.82. The average Bonchev–Trinajstić information content (AvgIpc) is 2.46. The molecule has 2 rings (SSSR count). The van der Waals surface area contributed by atoms with Crippen molar-refractivity contribution in [2.45, 2.75) is 13.8 Å². The van der Waals surface area contributed by atoms with Crippen LogP contribution in [0.25, 0.3) is 0 Å². The Morgan fingerprint density at radius 3 is 2.52 bits per heavy atom. The van der Waals surface area contributed by atoms with Gasteiger partial charge in [-0.1, -0.05) is 30.3 Å². The largest absolute Gasteiger partial charge is 0.491 e. The number of carboxylic acid groups (broad SMARTS) is 1. The number of ether oxygens (including phenoxy) is 1. The SMILES string of the molecule is Cc1ccccc1OCCNc1c(C)cccc1C(=O)O. The van der Waals surface area contributed by atoms with Crippen LogP contribution in [0, 0.1) is 13.8 Å². The number of hydrogen-bond acceptors (Lipinski definition) is 3. The summed E-state index contributed by atoms with van der Waals surface area (Å²) in [5.74, 6) is -0.0800. The molecule has 0 aromatic heterocycles. The predicted molar refractivity (Wildman–Crippen MR) is 83.3 cm³/mol. The molecule has 2 aromatic carbocycles. The van der Waals surface area contributed by atoms with Crippen molar-refractivity contribution in [2.24, 2.45) is 0 Å². The standard InChI is InChI=1S/C17H19NO3/c1-12-6-3-4-9-15(12)21-11-10-18-16-13(2)7-5-8-14(16)17(19)20/h3-9,18H,10-11H2,1-2H3,(H,19,20). The van der Waals surface area contributed by atoms with E-state index in [1.54, 1.807) is 12.1 Å². The molecule has 0 atom stereocenters. The lowest BCUT2D eigenvalue weighted by Crippen LogP contribution is -2.15. The highest BCUT2D eigenvalue weighted by molar-refractivity contribution is 5.95. The number of anilines is 1. The third kappa shape index (κ3) is 3.75. The molecule has 0 fully saturated rings. The van der Waals surface area contributed by atoms with Crippen LogP contribution in [0.2, 0.25) is 0 Å². The number of aromatic carboxylic acids is 1. The van der Waals surface area contributed by atoms with Gasteiger partial charge in [0.15, 0.2) is 0 Å². The summed E-state index contributed by atoms with van der Waals surface area (Å²) >= 11 is 0. The highest BCUT2D eigenvalue weighted by Crippen LogP contribution is 2.20. The van der Waals surface area contributed by atoms with E-state index < -0.39 is 5.97 Å². The summed E-state index contributed by atoms with van der Waals surface area (Å²) in [4.78, 5) is 11.2. The fourth-order valence-electron chi connectivity index (χ4n) is 2.14. The van der Waals surface area contributed by atoms with Gasteiger partial charge in [0, 0.05) is 6.54 Å². The van der Waals surface area contributed by atoms with Gasteiger partial charge in [-0.3, -0.25) is 0 Å². The molecule has 4 heteroatoms. The molecule has 0 heterocycles. The Hall–Kier alpha value is -2.49. The Balaban J connectivity index is 1.95. The van der Waals surface area contributed by atoms with Crippen molar-refractivity contribution in [3.8, 4) is 5.75 Å². The lowest BCUT2D eigenvalue weighted by Gasteiger charge is -2.14. The second kappa shape index (κ2) is 6.79. The molecule has 0 aliphatic rings. The zero-order valence-electron chi connectivity index (χ0n) is 12.2. The van der Waals surface area contributed by atoms with Crippen molar-refractivity contribution >= 4 is 11.7 Å². The molecule has 4 nitrogen and oxygen atoms in total. The molecule has 0 amide bonds. The van der Waals surface area contributed by atoms with Crippen LogP contribution >= 0.6 is 0 Å². The Bertz CT molecular complexity index is 638. The number of nitrogens with one attached hydrogen (secondary N) is 1. The van der Waals surface area contributed by atoms with Crippen LogP contribution in [0.1, 0.15) is 21.5 Å². The van der Waals surface area contributed by atoms with Crippen LogP contribution in [-0.4, -0.2) is 24.2 Å². The fourth-order valence-corrected chi connectivity index (χ4v) is 2.14. The lowest BCUT2D eigenvalue weighted by molar-refractivity contribution is 0.0698. The summed E-state index contributed by atoms with van der Waals surface area (Å²) in [5.41, 5.74) is 2.93. The van der Waals surface area contributed by atoms with Gasteiger partial charge in [-0.15, -0.1) is 0 Å². The molecular formula is C17H19NO3. The smallest absolute Gasteiger partial charge is 0.337 e. The van der Waals surface area contributed by atoms with E-state index in [0.717, 1.165) is 16.9 Å². The molecule has 0 bridgehead atoms. The fraction of sp³-hybridized carbons (Fsp3) is 0.235. The first-order valence-corrected chi connectivity index (χ1v) is 6.85. The van der Waals surface area contributed by atoms with E-state index in [-0.39, 0.29) is 5.56 Å². The first kappa shape index (κ1) is 14.9. The third-order valence-electron chi connectivity index (χ3n) is 3.26. The van der Waals surface area contributed by atoms with Crippen LogP contribution in [0.15, 0.2) is 42.5 Å². The van der Waals surface area contributed by atoms with Crippen LogP contribution < -0.4 is 10.1 Å². The summed E-state index contributed by atoms with van der Waals surface area (Å²) in [5, 5.41) is 12.3. The summed E-state index contributed by atoms with van der Waals surface area (Å²) in [6.07, 6.45) is 0. The van der Waals surface area contributed by atoms with Gasteiger partial charge in [0.05, 0.1) is 11.3 Å². The minimum Gasteiger partial charge on any atom is -0.491 e. The van der Waals surface area contributed by atoms with E-state index in [2.05, 4.69) is 5.32 Å². The highest BCUT2D eigenvalue weighted by atomic mass is 16.5. The number of hydrogen-bond donors (Lipinski definition) is 2. The molecule has 0 saturated heterocycles. The molecule has 0 aliphatic heterocycles. The molecule has 0 radical (unpaired) electrons. The van der Waals surface area contributed by atoms with Crippen LogP contribution in [0.3, 0.4) is 0 Å².